The van der Waals surface area contributed by atoms with E-state index in [1.807, 2.05) is 32.0 Å². The zero-order valence-corrected chi connectivity index (χ0v) is 13.9. The molecule has 0 radical (unpaired) electrons. The second-order valence-electron chi connectivity index (χ2n) is 5.08. The van der Waals surface area contributed by atoms with E-state index in [4.69, 9.17) is 9.47 Å². The Labute approximate surface area is 130 Å². The van der Waals surface area contributed by atoms with E-state index >= 15 is 0 Å². The third-order valence-corrected chi connectivity index (χ3v) is 4.10. The molecule has 114 valence electrons. The number of rotatable bonds is 7. The van der Waals surface area contributed by atoms with Crippen molar-refractivity contribution in [3.63, 3.8) is 0 Å². The Morgan fingerprint density at radius 2 is 1.86 bits per heavy atom. The number of hydrogen-bond donors (Lipinski definition) is 1. The highest BCUT2D eigenvalue weighted by atomic mass is 32.1. The van der Waals surface area contributed by atoms with Gasteiger partial charge in [-0.3, -0.25) is 0 Å². The molecule has 0 fully saturated rings. The van der Waals surface area contributed by atoms with Crippen molar-refractivity contribution >= 4 is 11.3 Å². The standard InChI is InChI=1S/C17H23NO2S/c1-5-18-16(17-15(19-4)10-11-21-17)13-6-8-14(9-7-13)20-12(2)3/h6-12,16,18H,5H2,1-4H3. The second-order valence-corrected chi connectivity index (χ2v) is 6.03. The van der Waals surface area contributed by atoms with Crippen LogP contribution in [0.1, 0.15) is 37.3 Å². The van der Waals surface area contributed by atoms with Gasteiger partial charge in [0.2, 0.25) is 0 Å². The third kappa shape index (κ3) is 3.99. The molecule has 1 atom stereocenters. The van der Waals surface area contributed by atoms with E-state index in [1.54, 1.807) is 18.4 Å². The van der Waals surface area contributed by atoms with Gasteiger partial charge >= 0.3 is 0 Å². The summed E-state index contributed by atoms with van der Waals surface area (Å²) < 4.78 is 11.2. The minimum Gasteiger partial charge on any atom is -0.496 e. The van der Waals surface area contributed by atoms with Crippen molar-refractivity contribution in [3.8, 4) is 11.5 Å². The molecule has 2 aromatic rings. The lowest BCUT2D eigenvalue weighted by Gasteiger charge is -2.19. The molecule has 0 spiro atoms. The van der Waals surface area contributed by atoms with Crippen LogP contribution in [0.15, 0.2) is 35.7 Å². The van der Waals surface area contributed by atoms with Crippen LogP contribution in [0.25, 0.3) is 0 Å². The summed E-state index contributed by atoms with van der Waals surface area (Å²) in [7, 11) is 1.72. The molecule has 1 heterocycles. The molecule has 0 amide bonds. The lowest BCUT2D eigenvalue weighted by molar-refractivity contribution is 0.242. The topological polar surface area (TPSA) is 30.5 Å². The van der Waals surface area contributed by atoms with Crippen LogP contribution in [-0.2, 0) is 0 Å². The van der Waals surface area contributed by atoms with Gasteiger partial charge in [-0.1, -0.05) is 19.1 Å². The molecule has 2 rings (SSSR count). The van der Waals surface area contributed by atoms with Gasteiger partial charge in [-0.05, 0) is 49.5 Å². The van der Waals surface area contributed by atoms with Gasteiger partial charge < -0.3 is 14.8 Å². The number of methoxy groups -OCH3 is 1. The number of nitrogens with one attached hydrogen (secondary N) is 1. The molecule has 1 aromatic heterocycles. The highest BCUT2D eigenvalue weighted by Crippen LogP contribution is 2.35. The van der Waals surface area contributed by atoms with Gasteiger partial charge in [0.15, 0.2) is 0 Å². The van der Waals surface area contributed by atoms with Crippen LogP contribution >= 0.6 is 11.3 Å². The maximum absolute atomic E-state index is 5.70. The van der Waals surface area contributed by atoms with Gasteiger partial charge in [0, 0.05) is 0 Å². The van der Waals surface area contributed by atoms with Crippen molar-refractivity contribution in [2.75, 3.05) is 13.7 Å². The number of ether oxygens (including phenoxy) is 2. The average Bonchev–Trinajstić information content (AvgIpc) is 2.93. The Morgan fingerprint density at radius 3 is 2.43 bits per heavy atom. The molecule has 0 saturated heterocycles. The van der Waals surface area contributed by atoms with Crippen molar-refractivity contribution in [3.05, 3.63) is 46.2 Å². The monoisotopic (exact) mass is 305 g/mol. The Bertz CT molecular complexity index is 548. The van der Waals surface area contributed by atoms with E-state index < -0.39 is 0 Å². The molecule has 0 saturated carbocycles. The van der Waals surface area contributed by atoms with E-state index in [1.165, 1.54) is 10.4 Å². The molecular weight excluding hydrogens is 282 g/mol. The largest absolute Gasteiger partial charge is 0.496 e. The molecule has 0 aliphatic carbocycles. The highest BCUT2D eigenvalue weighted by Gasteiger charge is 2.18. The lowest BCUT2D eigenvalue weighted by atomic mass is 10.0. The van der Waals surface area contributed by atoms with Gasteiger partial charge in [0.05, 0.1) is 24.1 Å². The lowest BCUT2D eigenvalue weighted by Crippen LogP contribution is -2.21. The fourth-order valence-electron chi connectivity index (χ4n) is 2.27. The first-order valence-electron chi connectivity index (χ1n) is 7.27. The summed E-state index contributed by atoms with van der Waals surface area (Å²) in [6, 6.07) is 10.5. The van der Waals surface area contributed by atoms with E-state index in [-0.39, 0.29) is 12.1 Å². The summed E-state index contributed by atoms with van der Waals surface area (Å²) >= 11 is 1.71. The first-order valence-corrected chi connectivity index (χ1v) is 8.15. The molecule has 3 nitrogen and oxygen atoms in total. The smallest absolute Gasteiger partial charge is 0.134 e. The molecule has 21 heavy (non-hydrogen) atoms. The van der Waals surface area contributed by atoms with Crippen LogP contribution in [0.5, 0.6) is 11.5 Å². The maximum Gasteiger partial charge on any atom is 0.134 e. The predicted octanol–water partition coefficient (Wildman–Crippen LogP) is 4.24. The molecule has 1 aromatic carbocycles. The van der Waals surface area contributed by atoms with Crippen LogP contribution < -0.4 is 14.8 Å². The minimum absolute atomic E-state index is 0.151. The Balaban J connectivity index is 2.26. The zero-order valence-electron chi connectivity index (χ0n) is 13.1. The van der Waals surface area contributed by atoms with Gasteiger partial charge in [-0.2, -0.15) is 0 Å². The Kier molecular flexibility index (Phi) is 5.65. The number of benzene rings is 1. The van der Waals surface area contributed by atoms with Crippen LogP contribution in [0, 0.1) is 0 Å². The number of thiophene rings is 1. The highest BCUT2D eigenvalue weighted by molar-refractivity contribution is 7.10. The van der Waals surface area contributed by atoms with E-state index in [0.717, 1.165) is 18.0 Å². The van der Waals surface area contributed by atoms with Gasteiger partial charge in [-0.15, -0.1) is 11.3 Å². The maximum atomic E-state index is 5.70. The minimum atomic E-state index is 0.151. The molecule has 0 aliphatic heterocycles. The quantitative estimate of drug-likeness (QED) is 0.830. The van der Waals surface area contributed by atoms with Gasteiger partial charge in [0.1, 0.15) is 11.5 Å². The Hall–Kier alpha value is -1.52. The van der Waals surface area contributed by atoms with Crippen molar-refractivity contribution in [2.24, 2.45) is 0 Å². The first-order chi connectivity index (χ1) is 10.2. The van der Waals surface area contributed by atoms with E-state index in [0.29, 0.717) is 0 Å². The van der Waals surface area contributed by atoms with Crippen molar-refractivity contribution in [2.45, 2.75) is 32.9 Å². The fraction of sp³-hybridized carbons (Fsp3) is 0.412. The van der Waals surface area contributed by atoms with Crippen molar-refractivity contribution < 1.29 is 9.47 Å². The molecule has 1 unspecified atom stereocenters. The van der Waals surface area contributed by atoms with Gasteiger partial charge in [0.25, 0.3) is 0 Å². The van der Waals surface area contributed by atoms with Crippen molar-refractivity contribution in [1.29, 1.82) is 0 Å². The van der Waals surface area contributed by atoms with Crippen LogP contribution in [0.4, 0.5) is 0 Å². The normalized spacial score (nSPS) is 12.4. The Morgan fingerprint density at radius 1 is 1.14 bits per heavy atom. The molecule has 1 N–H and O–H groups in total. The predicted molar refractivity (Wildman–Crippen MR) is 88.6 cm³/mol. The van der Waals surface area contributed by atoms with Crippen LogP contribution in [0.3, 0.4) is 0 Å². The summed E-state index contributed by atoms with van der Waals surface area (Å²) in [5.41, 5.74) is 1.22. The fourth-order valence-corrected chi connectivity index (χ4v) is 3.23. The molecule has 0 aliphatic rings. The summed E-state index contributed by atoms with van der Waals surface area (Å²) in [6.45, 7) is 7.08. The molecular formula is C17H23NO2S. The number of hydrogen-bond acceptors (Lipinski definition) is 4. The van der Waals surface area contributed by atoms with Crippen LogP contribution in [0.2, 0.25) is 0 Å². The second kappa shape index (κ2) is 7.48. The average molecular weight is 305 g/mol. The third-order valence-electron chi connectivity index (χ3n) is 3.13. The molecule has 4 heteroatoms. The summed E-state index contributed by atoms with van der Waals surface area (Å²) in [5.74, 6) is 1.84. The SMILES string of the molecule is CCNC(c1ccc(OC(C)C)cc1)c1sccc1OC. The zero-order chi connectivity index (χ0) is 15.2. The molecule has 0 bridgehead atoms. The summed E-state index contributed by atoms with van der Waals surface area (Å²) in [5, 5.41) is 5.59. The van der Waals surface area contributed by atoms with Crippen molar-refractivity contribution in [1.82, 2.24) is 5.32 Å². The van der Waals surface area contributed by atoms with Crippen LogP contribution in [-0.4, -0.2) is 19.8 Å². The van der Waals surface area contributed by atoms with E-state index in [2.05, 4.69) is 29.8 Å². The van der Waals surface area contributed by atoms with E-state index in [9.17, 15) is 0 Å². The summed E-state index contributed by atoms with van der Waals surface area (Å²) in [4.78, 5) is 1.21. The first kappa shape index (κ1) is 15.9. The summed E-state index contributed by atoms with van der Waals surface area (Å²) in [6.07, 6.45) is 0.192. The van der Waals surface area contributed by atoms with Gasteiger partial charge in [-0.25, -0.2) is 0 Å².